The number of rotatable bonds is 4. The molecule has 1 aliphatic rings. The third kappa shape index (κ3) is 3.54. The van der Waals surface area contributed by atoms with Gasteiger partial charge < -0.3 is 15.0 Å². The molecule has 1 saturated carbocycles. The van der Waals surface area contributed by atoms with Gasteiger partial charge in [0.05, 0.1) is 12.1 Å². The van der Waals surface area contributed by atoms with Crippen LogP contribution in [-0.4, -0.2) is 36.4 Å². The predicted octanol–water partition coefficient (Wildman–Crippen LogP) is 2.59. The SMILES string of the molecule is Cc1nc2nc(NC3CCCCCC3O)n(C)c(=O)c2n1Cc1ccccc1. The Balaban J connectivity index is 1.71. The standard InChI is InChI=1S/C21H27N5O2/c1-14-22-19-18(26(14)13-15-9-5-3-6-10-15)20(28)25(2)21(24-19)23-16-11-7-4-8-12-17(16)27/h3,5-6,9-10,16-17,27H,4,7-8,11-13H2,1-2H3,(H,23,24). The number of hydrogen-bond acceptors (Lipinski definition) is 5. The Labute approximate surface area is 164 Å². The molecule has 2 aromatic heterocycles. The fraction of sp³-hybridized carbons (Fsp3) is 0.476. The smallest absolute Gasteiger partial charge is 0.280 e. The van der Waals surface area contributed by atoms with Gasteiger partial charge in [0.15, 0.2) is 11.2 Å². The topological polar surface area (TPSA) is 85.0 Å². The molecule has 7 heteroatoms. The number of anilines is 1. The maximum absolute atomic E-state index is 13.1. The molecule has 2 unspecified atom stereocenters. The van der Waals surface area contributed by atoms with Crippen molar-refractivity contribution in [2.45, 2.75) is 57.7 Å². The molecule has 0 saturated heterocycles. The van der Waals surface area contributed by atoms with Crippen LogP contribution < -0.4 is 10.9 Å². The van der Waals surface area contributed by atoms with Gasteiger partial charge >= 0.3 is 0 Å². The zero-order chi connectivity index (χ0) is 19.7. The maximum Gasteiger partial charge on any atom is 0.280 e. The van der Waals surface area contributed by atoms with Crippen LogP contribution in [0.25, 0.3) is 11.2 Å². The van der Waals surface area contributed by atoms with Gasteiger partial charge in [-0.05, 0) is 25.3 Å². The lowest BCUT2D eigenvalue weighted by atomic mass is 10.1. The molecule has 7 nitrogen and oxygen atoms in total. The second-order valence-corrected chi connectivity index (χ2v) is 7.66. The van der Waals surface area contributed by atoms with Gasteiger partial charge in [0.1, 0.15) is 5.82 Å². The molecule has 148 valence electrons. The molecule has 0 aliphatic heterocycles. The molecule has 2 atom stereocenters. The third-order valence-corrected chi connectivity index (χ3v) is 5.65. The van der Waals surface area contributed by atoms with Gasteiger partial charge in [-0.2, -0.15) is 4.98 Å². The Morgan fingerprint density at radius 2 is 1.89 bits per heavy atom. The molecule has 0 radical (unpaired) electrons. The molecular formula is C21H27N5O2. The summed E-state index contributed by atoms with van der Waals surface area (Å²) < 4.78 is 3.45. The fourth-order valence-corrected chi connectivity index (χ4v) is 3.98. The van der Waals surface area contributed by atoms with Crippen molar-refractivity contribution in [2.75, 3.05) is 5.32 Å². The van der Waals surface area contributed by atoms with Gasteiger partial charge in [-0.3, -0.25) is 9.36 Å². The molecule has 0 amide bonds. The van der Waals surface area contributed by atoms with Crippen molar-refractivity contribution in [1.82, 2.24) is 19.1 Å². The van der Waals surface area contributed by atoms with Crippen LogP contribution in [0.2, 0.25) is 0 Å². The van der Waals surface area contributed by atoms with E-state index in [0.717, 1.165) is 43.5 Å². The lowest BCUT2D eigenvalue weighted by Gasteiger charge is -2.23. The van der Waals surface area contributed by atoms with Crippen molar-refractivity contribution in [3.05, 3.63) is 52.1 Å². The van der Waals surface area contributed by atoms with Crippen LogP contribution in [0.5, 0.6) is 0 Å². The highest BCUT2D eigenvalue weighted by atomic mass is 16.3. The molecule has 1 aromatic carbocycles. The number of aryl methyl sites for hydroxylation is 1. The Bertz CT molecular complexity index is 1020. The molecule has 28 heavy (non-hydrogen) atoms. The van der Waals surface area contributed by atoms with E-state index in [1.165, 1.54) is 4.57 Å². The number of nitrogens with zero attached hydrogens (tertiary/aromatic N) is 4. The normalized spacial score (nSPS) is 20.2. The summed E-state index contributed by atoms with van der Waals surface area (Å²) in [6.07, 6.45) is 4.45. The van der Waals surface area contributed by atoms with Crippen molar-refractivity contribution in [3.63, 3.8) is 0 Å². The Morgan fingerprint density at radius 3 is 2.68 bits per heavy atom. The van der Waals surface area contributed by atoms with E-state index in [-0.39, 0.29) is 11.6 Å². The van der Waals surface area contributed by atoms with Gasteiger partial charge in [-0.25, -0.2) is 4.98 Å². The van der Waals surface area contributed by atoms with Crippen molar-refractivity contribution < 1.29 is 5.11 Å². The second-order valence-electron chi connectivity index (χ2n) is 7.66. The summed E-state index contributed by atoms with van der Waals surface area (Å²) in [4.78, 5) is 22.3. The summed E-state index contributed by atoms with van der Waals surface area (Å²) in [5.74, 6) is 1.22. The second kappa shape index (κ2) is 7.75. The molecule has 4 rings (SSSR count). The number of aliphatic hydroxyl groups excluding tert-OH is 1. The minimum absolute atomic E-state index is 0.0921. The zero-order valence-corrected chi connectivity index (χ0v) is 16.4. The number of imidazole rings is 1. The molecule has 3 aromatic rings. The number of hydrogen-bond donors (Lipinski definition) is 2. The van der Waals surface area contributed by atoms with E-state index in [0.29, 0.717) is 23.7 Å². The number of benzene rings is 1. The van der Waals surface area contributed by atoms with Crippen LogP contribution >= 0.6 is 0 Å². The van der Waals surface area contributed by atoms with Crippen molar-refractivity contribution >= 4 is 17.1 Å². The summed E-state index contributed by atoms with van der Waals surface area (Å²) in [5.41, 5.74) is 1.93. The van der Waals surface area contributed by atoms with Crippen molar-refractivity contribution in [2.24, 2.45) is 7.05 Å². The fourth-order valence-electron chi connectivity index (χ4n) is 3.98. The van der Waals surface area contributed by atoms with Crippen LogP contribution in [-0.2, 0) is 13.6 Å². The van der Waals surface area contributed by atoms with E-state index in [4.69, 9.17) is 0 Å². The number of aliphatic hydroxyl groups is 1. The number of nitrogens with one attached hydrogen (secondary N) is 1. The average molecular weight is 381 g/mol. The van der Waals surface area contributed by atoms with E-state index in [1.807, 2.05) is 41.8 Å². The largest absolute Gasteiger partial charge is 0.391 e. The highest BCUT2D eigenvalue weighted by molar-refractivity contribution is 5.72. The van der Waals surface area contributed by atoms with Crippen LogP contribution in [0, 0.1) is 6.92 Å². The summed E-state index contributed by atoms with van der Waals surface area (Å²) >= 11 is 0. The molecule has 0 spiro atoms. The zero-order valence-electron chi connectivity index (χ0n) is 16.4. The third-order valence-electron chi connectivity index (χ3n) is 5.65. The first-order valence-electron chi connectivity index (χ1n) is 9.97. The van der Waals surface area contributed by atoms with Crippen LogP contribution in [0.3, 0.4) is 0 Å². The van der Waals surface area contributed by atoms with Crippen molar-refractivity contribution in [1.29, 1.82) is 0 Å². The van der Waals surface area contributed by atoms with Gasteiger partial charge in [-0.15, -0.1) is 0 Å². The molecule has 2 heterocycles. The molecule has 1 fully saturated rings. The predicted molar refractivity (Wildman–Crippen MR) is 110 cm³/mol. The Hall–Kier alpha value is -2.67. The summed E-state index contributed by atoms with van der Waals surface area (Å²) in [5, 5.41) is 13.7. The molecule has 2 N–H and O–H groups in total. The maximum atomic E-state index is 13.1. The van der Waals surface area contributed by atoms with E-state index in [2.05, 4.69) is 15.3 Å². The van der Waals surface area contributed by atoms with Gasteiger partial charge in [0.25, 0.3) is 5.56 Å². The van der Waals surface area contributed by atoms with E-state index in [1.54, 1.807) is 7.05 Å². The minimum Gasteiger partial charge on any atom is -0.391 e. The minimum atomic E-state index is -0.424. The summed E-state index contributed by atoms with van der Waals surface area (Å²) in [6, 6.07) is 9.92. The van der Waals surface area contributed by atoms with E-state index in [9.17, 15) is 9.90 Å². The van der Waals surface area contributed by atoms with Gasteiger partial charge in [0, 0.05) is 13.6 Å². The first-order chi connectivity index (χ1) is 13.5. The van der Waals surface area contributed by atoms with Crippen LogP contribution in [0.15, 0.2) is 35.1 Å². The number of fused-ring (bicyclic) bond motifs is 1. The first kappa shape index (κ1) is 18.7. The molecule has 1 aliphatic carbocycles. The monoisotopic (exact) mass is 381 g/mol. The molecule has 0 bridgehead atoms. The highest BCUT2D eigenvalue weighted by Crippen LogP contribution is 2.22. The number of aromatic nitrogens is 4. The first-order valence-corrected chi connectivity index (χ1v) is 9.97. The highest BCUT2D eigenvalue weighted by Gasteiger charge is 2.24. The lowest BCUT2D eigenvalue weighted by Crippen LogP contribution is -2.35. The van der Waals surface area contributed by atoms with E-state index < -0.39 is 6.10 Å². The molecular weight excluding hydrogens is 354 g/mol. The van der Waals surface area contributed by atoms with Crippen LogP contribution in [0.4, 0.5) is 5.95 Å². The van der Waals surface area contributed by atoms with Crippen LogP contribution in [0.1, 0.15) is 43.5 Å². The Morgan fingerprint density at radius 1 is 1.14 bits per heavy atom. The average Bonchev–Trinajstić information content (AvgIpc) is 2.85. The summed E-state index contributed by atoms with van der Waals surface area (Å²) in [6.45, 7) is 2.47. The van der Waals surface area contributed by atoms with Crippen molar-refractivity contribution in [3.8, 4) is 0 Å². The lowest BCUT2D eigenvalue weighted by molar-refractivity contribution is 0.144. The summed E-state index contributed by atoms with van der Waals surface area (Å²) in [7, 11) is 1.72. The van der Waals surface area contributed by atoms with Gasteiger partial charge in [-0.1, -0.05) is 49.6 Å². The quantitative estimate of drug-likeness (QED) is 0.679. The Kier molecular flexibility index (Phi) is 5.17. The van der Waals surface area contributed by atoms with Gasteiger partial charge in [0.2, 0.25) is 5.95 Å². The van der Waals surface area contributed by atoms with E-state index >= 15 is 0 Å².